The molecule has 2 heterocycles. The van der Waals surface area contributed by atoms with Gasteiger partial charge in [-0.1, -0.05) is 41.9 Å². The minimum Gasteiger partial charge on any atom is -0.444 e. The quantitative estimate of drug-likeness (QED) is 0.239. The lowest BCUT2D eigenvalue weighted by Crippen LogP contribution is -2.35. The van der Waals surface area contributed by atoms with Crippen molar-refractivity contribution < 1.29 is 19.1 Å². The van der Waals surface area contributed by atoms with Crippen molar-refractivity contribution in [3.05, 3.63) is 99.2 Å². The number of alkyl carbamates (subject to hydrolysis) is 1. The SMILES string of the molecule is CC(C)(C)OC(=O)NCCC(NC(=O)c1ccc(Cl)c(NC(=O)c2cc3cncnc3[nH]c2=O)c1)c1ccccc1. The van der Waals surface area contributed by atoms with Crippen molar-refractivity contribution in [1.29, 1.82) is 0 Å². The molecule has 0 bridgehead atoms. The number of pyridine rings is 1. The molecule has 0 aliphatic heterocycles. The largest absolute Gasteiger partial charge is 0.444 e. The first-order valence-corrected chi connectivity index (χ1v) is 13.1. The third kappa shape index (κ3) is 7.89. The molecule has 212 valence electrons. The maximum absolute atomic E-state index is 13.3. The summed E-state index contributed by atoms with van der Waals surface area (Å²) in [6, 6.07) is 14.7. The van der Waals surface area contributed by atoms with Crippen molar-refractivity contribution in [2.24, 2.45) is 0 Å². The maximum Gasteiger partial charge on any atom is 0.407 e. The van der Waals surface area contributed by atoms with Gasteiger partial charge in [0.05, 0.1) is 16.8 Å². The average molecular weight is 577 g/mol. The van der Waals surface area contributed by atoms with Crippen molar-refractivity contribution in [3.63, 3.8) is 0 Å². The van der Waals surface area contributed by atoms with Crippen LogP contribution in [0.5, 0.6) is 0 Å². The van der Waals surface area contributed by atoms with E-state index in [4.69, 9.17) is 16.3 Å². The maximum atomic E-state index is 13.3. The molecule has 2 aromatic heterocycles. The van der Waals surface area contributed by atoms with Gasteiger partial charge in [0.15, 0.2) is 0 Å². The summed E-state index contributed by atoms with van der Waals surface area (Å²) >= 11 is 6.31. The van der Waals surface area contributed by atoms with Gasteiger partial charge in [-0.25, -0.2) is 14.8 Å². The molecule has 3 amide bonds. The molecule has 12 heteroatoms. The third-order valence-corrected chi connectivity index (χ3v) is 6.18. The van der Waals surface area contributed by atoms with Crippen LogP contribution in [0.1, 0.15) is 59.5 Å². The number of carbonyl (C=O) groups excluding carboxylic acids is 3. The number of aromatic amines is 1. The fourth-order valence-electron chi connectivity index (χ4n) is 3.95. The Hall–Kier alpha value is -4.77. The van der Waals surface area contributed by atoms with Gasteiger partial charge in [0.1, 0.15) is 23.1 Å². The number of halogens is 1. The highest BCUT2D eigenvalue weighted by molar-refractivity contribution is 6.34. The van der Waals surface area contributed by atoms with E-state index >= 15 is 0 Å². The normalized spacial score (nSPS) is 11.9. The number of nitrogens with zero attached hydrogens (tertiary/aromatic N) is 2. The summed E-state index contributed by atoms with van der Waals surface area (Å²) in [5.74, 6) is -1.14. The van der Waals surface area contributed by atoms with E-state index in [1.807, 2.05) is 30.3 Å². The summed E-state index contributed by atoms with van der Waals surface area (Å²) in [4.78, 5) is 61.2. The minimum absolute atomic E-state index is 0.149. The first-order valence-electron chi connectivity index (χ1n) is 12.8. The van der Waals surface area contributed by atoms with Gasteiger partial charge in [0.25, 0.3) is 17.4 Å². The van der Waals surface area contributed by atoms with Gasteiger partial charge in [0, 0.05) is 23.7 Å². The summed E-state index contributed by atoms with van der Waals surface area (Å²) in [5.41, 5.74) is 0.0860. The lowest BCUT2D eigenvalue weighted by molar-refractivity contribution is 0.0526. The Labute approximate surface area is 240 Å². The fraction of sp³-hybridized carbons (Fsp3) is 0.241. The second-order valence-corrected chi connectivity index (χ2v) is 10.5. The molecule has 2 aromatic carbocycles. The Bertz CT molecular complexity index is 1630. The third-order valence-electron chi connectivity index (χ3n) is 5.85. The number of hydrogen-bond acceptors (Lipinski definition) is 7. The first-order chi connectivity index (χ1) is 19.5. The highest BCUT2D eigenvalue weighted by Crippen LogP contribution is 2.25. The number of rotatable bonds is 8. The zero-order valence-electron chi connectivity index (χ0n) is 22.7. The van der Waals surface area contributed by atoms with E-state index < -0.39 is 35.1 Å². The van der Waals surface area contributed by atoms with Crippen LogP contribution >= 0.6 is 11.6 Å². The molecule has 11 nitrogen and oxygen atoms in total. The Morgan fingerprint density at radius 1 is 1.05 bits per heavy atom. The van der Waals surface area contributed by atoms with Crippen molar-refractivity contribution in [2.75, 3.05) is 11.9 Å². The van der Waals surface area contributed by atoms with E-state index in [-0.39, 0.29) is 28.4 Å². The molecule has 0 saturated carbocycles. The zero-order valence-corrected chi connectivity index (χ0v) is 23.4. The number of ether oxygens (including phenoxy) is 1. The molecule has 4 N–H and O–H groups in total. The standard InChI is InChI=1S/C29H29ClN6O5/c1-29(2,3)41-28(40)32-12-11-22(17-7-5-4-6-8-17)34-25(37)18-9-10-21(30)23(14-18)35-26(38)20-13-19-15-31-16-33-24(19)36-27(20)39/h4-10,13-16,22H,11-12H2,1-3H3,(H,32,40)(H,34,37)(H,35,38)(H,31,33,36,39). The highest BCUT2D eigenvalue weighted by Gasteiger charge is 2.20. The van der Waals surface area contributed by atoms with Crippen molar-refractivity contribution in [1.82, 2.24) is 25.6 Å². The predicted molar refractivity (Wildman–Crippen MR) is 155 cm³/mol. The number of amides is 3. The smallest absolute Gasteiger partial charge is 0.407 e. The molecule has 4 aromatic rings. The van der Waals surface area contributed by atoms with Crippen molar-refractivity contribution in [2.45, 2.75) is 38.8 Å². The molecule has 1 unspecified atom stereocenters. The number of aromatic nitrogens is 3. The van der Waals surface area contributed by atoms with Crippen LogP contribution in [0, 0.1) is 0 Å². The molecule has 0 aliphatic carbocycles. The van der Waals surface area contributed by atoms with Crippen LogP contribution in [-0.4, -0.2) is 45.0 Å². The van der Waals surface area contributed by atoms with Crippen molar-refractivity contribution >= 4 is 46.2 Å². The first kappa shape index (κ1) is 29.2. The molecule has 4 rings (SSSR count). The predicted octanol–water partition coefficient (Wildman–Crippen LogP) is 4.61. The number of fused-ring (bicyclic) bond motifs is 1. The summed E-state index contributed by atoms with van der Waals surface area (Å²) in [6.07, 6.45) is 2.60. The molecule has 41 heavy (non-hydrogen) atoms. The summed E-state index contributed by atoms with van der Waals surface area (Å²) in [7, 11) is 0. The van der Waals surface area contributed by atoms with E-state index in [1.54, 1.807) is 20.8 Å². The van der Waals surface area contributed by atoms with Gasteiger partial charge in [-0.3, -0.25) is 14.4 Å². The van der Waals surface area contributed by atoms with Crippen LogP contribution in [0.3, 0.4) is 0 Å². The Morgan fingerprint density at radius 3 is 2.54 bits per heavy atom. The second kappa shape index (κ2) is 12.6. The average Bonchev–Trinajstić information content (AvgIpc) is 2.92. The molecular formula is C29H29ClN6O5. The molecular weight excluding hydrogens is 548 g/mol. The Kier molecular flexibility index (Phi) is 8.98. The van der Waals surface area contributed by atoms with E-state index in [0.717, 1.165) is 5.56 Å². The fourth-order valence-corrected chi connectivity index (χ4v) is 4.11. The second-order valence-electron chi connectivity index (χ2n) is 10.1. The number of hydrogen-bond donors (Lipinski definition) is 4. The Morgan fingerprint density at radius 2 is 1.80 bits per heavy atom. The van der Waals surface area contributed by atoms with E-state index in [0.29, 0.717) is 17.5 Å². The van der Waals surface area contributed by atoms with Crippen LogP contribution in [-0.2, 0) is 4.74 Å². The molecule has 0 radical (unpaired) electrons. The van der Waals surface area contributed by atoms with Gasteiger partial charge >= 0.3 is 6.09 Å². The van der Waals surface area contributed by atoms with E-state index in [2.05, 4.69) is 30.9 Å². The number of H-pyrrole nitrogens is 1. The summed E-state index contributed by atoms with van der Waals surface area (Å²) < 4.78 is 5.28. The topological polar surface area (TPSA) is 155 Å². The summed E-state index contributed by atoms with van der Waals surface area (Å²) in [5, 5.41) is 8.94. The van der Waals surface area contributed by atoms with Crippen LogP contribution in [0.25, 0.3) is 11.0 Å². The lowest BCUT2D eigenvalue weighted by Gasteiger charge is -2.22. The van der Waals surface area contributed by atoms with E-state index in [1.165, 1.54) is 36.8 Å². The number of anilines is 1. The van der Waals surface area contributed by atoms with Gasteiger partial charge in [-0.15, -0.1) is 0 Å². The van der Waals surface area contributed by atoms with Gasteiger partial charge in [-0.2, -0.15) is 0 Å². The van der Waals surface area contributed by atoms with Crippen LogP contribution in [0.4, 0.5) is 10.5 Å². The van der Waals surface area contributed by atoms with Crippen LogP contribution < -0.4 is 21.5 Å². The lowest BCUT2D eigenvalue weighted by atomic mass is 10.0. The summed E-state index contributed by atoms with van der Waals surface area (Å²) in [6.45, 7) is 5.58. The number of nitrogens with one attached hydrogen (secondary N) is 4. The number of carbonyl (C=O) groups is 3. The number of benzene rings is 2. The zero-order chi connectivity index (χ0) is 29.6. The van der Waals surface area contributed by atoms with E-state index in [9.17, 15) is 19.2 Å². The van der Waals surface area contributed by atoms with Gasteiger partial charge in [-0.05, 0) is 57.0 Å². The molecule has 1 atom stereocenters. The van der Waals surface area contributed by atoms with Crippen LogP contribution in [0.15, 0.2) is 71.9 Å². The minimum atomic E-state index is -0.716. The molecule has 0 aliphatic rings. The molecule has 0 spiro atoms. The monoisotopic (exact) mass is 576 g/mol. The van der Waals surface area contributed by atoms with Gasteiger partial charge in [0.2, 0.25) is 0 Å². The van der Waals surface area contributed by atoms with Gasteiger partial charge < -0.3 is 25.7 Å². The molecule has 0 fully saturated rings. The molecule has 0 saturated heterocycles. The van der Waals surface area contributed by atoms with Crippen LogP contribution in [0.2, 0.25) is 5.02 Å². The highest BCUT2D eigenvalue weighted by atomic mass is 35.5. The van der Waals surface area contributed by atoms with Crippen molar-refractivity contribution in [3.8, 4) is 0 Å². The Balaban J connectivity index is 1.49.